The van der Waals surface area contributed by atoms with Crippen LogP contribution in [0, 0.1) is 0 Å². The van der Waals surface area contributed by atoms with Crippen LogP contribution < -0.4 is 5.73 Å². The SMILES string of the molecule is CN(Cc1cc(N)ccc1Cl)C(=O)c1cc(Br)sc1Br. The first kappa shape index (κ1) is 15.8. The molecule has 0 spiro atoms. The molecule has 0 atom stereocenters. The molecule has 1 heterocycles. The van der Waals surface area contributed by atoms with Gasteiger partial charge in [-0.25, -0.2) is 0 Å². The van der Waals surface area contributed by atoms with Gasteiger partial charge in [-0.2, -0.15) is 0 Å². The number of thiophene rings is 1. The van der Waals surface area contributed by atoms with Crippen LogP contribution in [-0.2, 0) is 6.54 Å². The van der Waals surface area contributed by atoms with E-state index in [1.807, 2.05) is 0 Å². The molecule has 106 valence electrons. The highest BCUT2D eigenvalue weighted by molar-refractivity contribution is 9.12. The van der Waals surface area contributed by atoms with Gasteiger partial charge >= 0.3 is 0 Å². The summed E-state index contributed by atoms with van der Waals surface area (Å²) in [5, 5.41) is 0.601. The summed E-state index contributed by atoms with van der Waals surface area (Å²) < 4.78 is 1.71. The van der Waals surface area contributed by atoms with Gasteiger partial charge in [-0.15, -0.1) is 11.3 Å². The van der Waals surface area contributed by atoms with Gasteiger partial charge in [-0.1, -0.05) is 11.6 Å². The average Bonchev–Trinajstić information content (AvgIpc) is 2.72. The Labute approximate surface area is 143 Å². The Balaban J connectivity index is 2.19. The molecule has 2 N–H and O–H groups in total. The molecule has 0 bridgehead atoms. The molecule has 1 aromatic carbocycles. The Kier molecular flexibility index (Phi) is 5.12. The van der Waals surface area contributed by atoms with Gasteiger partial charge in [-0.05, 0) is 61.7 Å². The van der Waals surface area contributed by atoms with E-state index in [-0.39, 0.29) is 5.91 Å². The van der Waals surface area contributed by atoms with E-state index in [1.54, 1.807) is 36.2 Å². The Morgan fingerprint density at radius 3 is 2.70 bits per heavy atom. The fourth-order valence-corrected chi connectivity index (χ4v) is 4.69. The number of carbonyl (C=O) groups is 1. The van der Waals surface area contributed by atoms with Crippen LogP contribution >= 0.6 is 54.8 Å². The predicted octanol–water partition coefficient (Wildman–Crippen LogP) is 4.78. The standard InChI is InChI=1S/C13H11Br2ClN2OS/c1-18(6-7-4-8(17)2-3-10(7)16)13(19)9-5-11(14)20-12(9)15/h2-5H,6,17H2,1H3. The van der Waals surface area contributed by atoms with Crippen molar-refractivity contribution in [2.24, 2.45) is 0 Å². The minimum absolute atomic E-state index is 0.0719. The summed E-state index contributed by atoms with van der Waals surface area (Å²) in [5.41, 5.74) is 7.83. The fourth-order valence-electron chi connectivity index (χ4n) is 1.73. The zero-order valence-corrected chi connectivity index (χ0v) is 15.2. The first-order chi connectivity index (χ1) is 9.38. The molecule has 0 radical (unpaired) electrons. The Morgan fingerprint density at radius 2 is 2.10 bits per heavy atom. The lowest BCUT2D eigenvalue weighted by Crippen LogP contribution is -2.26. The van der Waals surface area contributed by atoms with Crippen LogP contribution in [-0.4, -0.2) is 17.9 Å². The second-order valence-electron chi connectivity index (χ2n) is 4.25. The summed E-state index contributed by atoms with van der Waals surface area (Å²) >= 11 is 14.3. The molecule has 3 nitrogen and oxygen atoms in total. The zero-order chi connectivity index (χ0) is 14.9. The molecule has 1 aromatic heterocycles. The number of nitrogen functional groups attached to an aromatic ring is 1. The smallest absolute Gasteiger partial charge is 0.255 e. The van der Waals surface area contributed by atoms with Crippen LogP contribution in [0.5, 0.6) is 0 Å². The number of nitrogens with zero attached hydrogens (tertiary/aromatic N) is 1. The summed E-state index contributed by atoms with van der Waals surface area (Å²) in [6.07, 6.45) is 0. The second kappa shape index (κ2) is 6.47. The minimum Gasteiger partial charge on any atom is -0.399 e. The summed E-state index contributed by atoms with van der Waals surface area (Å²) in [7, 11) is 1.74. The van der Waals surface area contributed by atoms with Crippen molar-refractivity contribution < 1.29 is 4.79 Å². The topological polar surface area (TPSA) is 46.3 Å². The van der Waals surface area contributed by atoms with E-state index in [0.29, 0.717) is 22.8 Å². The fraction of sp³-hybridized carbons (Fsp3) is 0.154. The van der Waals surface area contributed by atoms with Crippen molar-refractivity contribution in [2.75, 3.05) is 12.8 Å². The molecule has 1 amide bonds. The van der Waals surface area contributed by atoms with Crippen LogP contribution in [0.1, 0.15) is 15.9 Å². The Bertz CT molecular complexity index is 660. The molecule has 0 saturated heterocycles. The van der Waals surface area contributed by atoms with Gasteiger partial charge in [-0.3, -0.25) is 4.79 Å². The molecule has 0 aliphatic rings. The molecule has 0 saturated carbocycles. The van der Waals surface area contributed by atoms with E-state index in [9.17, 15) is 4.79 Å². The number of amides is 1. The maximum absolute atomic E-state index is 12.4. The number of benzene rings is 1. The van der Waals surface area contributed by atoms with Crippen LogP contribution in [0.15, 0.2) is 31.8 Å². The molecule has 0 aliphatic heterocycles. The molecule has 2 rings (SSSR count). The number of nitrogens with two attached hydrogens (primary N) is 1. The normalized spacial score (nSPS) is 10.6. The van der Waals surface area contributed by atoms with Crippen LogP contribution in [0.2, 0.25) is 5.02 Å². The quantitative estimate of drug-likeness (QED) is 0.701. The number of hydrogen-bond donors (Lipinski definition) is 1. The van der Waals surface area contributed by atoms with Gasteiger partial charge in [0.15, 0.2) is 0 Å². The number of hydrogen-bond acceptors (Lipinski definition) is 3. The highest BCUT2D eigenvalue weighted by atomic mass is 79.9. The summed E-state index contributed by atoms with van der Waals surface area (Å²) in [6.45, 7) is 0.405. The predicted molar refractivity (Wildman–Crippen MR) is 91.4 cm³/mol. The van der Waals surface area contributed by atoms with Gasteiger partial charge < -0.3 is 10.6 Å². The molecule has 20 heavy (non-hydrogen) atoms. The third-order valence-corrected chi connectivity index (χ3v) is 5.42. The van der Waals surface area contributed by atoms with E-state index in [2.05, 4.69) is 31.9 Å². The number of carbonyl (C=O) groups excluding carboxylic acids is 1. The van der Waals surface area contributed by atoms with Crippen molar-refractivity contribution in [3.8, 4) is 0 Å². The van der Waals surface area contributed by atoms with Gasteiger partial charge in [0.1, 0.15) is 0 Å². The largest absolute Gasteiger partial charge is 0.399 e. The molecular weight excluding hydrogens is 427 g/mol. The minimum atomic E-state index is -0.0719. The summed E-state index contributed by atoms with van der Waals surface area (Å²) in [4.78, 5) is 14.0. The monoisotopic (exact) mass is 436 g/mol. The van der Waals surface area contributed by atoms with Crippen LogP contribution in [0.3, 0.4) is 0 Å². The number of rotatable bonds is 3. The maximum atomic E-state index is 12.4. The van der Waals surface area contributed by atoms with Gasteiger partial charge in [0, 0.05) is 24.3 Å². The van der Waals surface area contributed by atoms with E-state index in [0.717, 1.165) is 13.1 Å². The van der Waals surface area contributed by atoms with Crippen LogP contribution in [0.25, 0.3) is 0 Å². The van der Waals surface area contributed by atoms with Crippen molar-refractivity contribution in [1.82, 2.24) is 4.90 Å². The second-order valence-corrected chi connectivity index (χ2v) is 8.41. The van der Waals surface area contributed by atoms with E-state index in [1.165, 1.54) is 11.3 Å². The summed E-state index contributed by atoms with van der Waals surface area (Å²) in [5.74, 6) is -0.0719. The highest BCUT2D eigenvalue weighted by Crippen LogP contribution is 2.32. The number of halogens is 3. The lowest BCUT2D eigenvalue weighted by molar-refractivity contribution is 0.0785. The molecule has 7 heteroatoms. The average molecular weight is 439 g/mol. The van der Waals surface area contributed by atoms with Gasteiger partial charge in [0.05, 0.1) is 13.1 Å². The zero-order valence-electron chi connectivity index (χ0n) is 10.5. The lowest BCUT2D eigenvalue weighted by atomic mass is 10.2. The first-order valence-corrected chi connectivity index (χ1v) is 8.40. The number of anilines is 1. The molecule has 2 aromatic rings. The first-order valence-electron chi connectivity index (χ1n) is 5.62. The lowest BCUT2D eigenvalue weighted by Gasteiger charge is -2.18. The third-order valence-electron chi connectivity index (χ3n) is 2.71. The van der Waals surface area contributed by atoms with Crippen molar-refractivity contribution in [3.63, 3.8) is 0 Å². The Hall–Kier alpha value is -0.560. The van der Waals surface area contributed by atoms with E-state index in [4.69, 9.17) is 17.3 Å². The highest BCUT2D eigenvalue weighted by Gasteiger charge is 2.18. The van der Waals surface area contributed by atoms with E-state index < -0.39 is 0 Å². The molecule has 0 aliphatic carbocycles. The van der Waals surface area contributed by atoms with Crippen molar-refractivity contribution in [2.45, 2.75) is 6.54 Å². The van der Waals surface area contributed by atoms with Crippen molar-refractivity contribution >= 4 is 66.4 Å². The van der Waals surface area contributed by atoms with Crippen molar-refractivity contribution in [1.29, 1.82) is 0 Å². The van der Waals surface area contributed by atoms with Gasteiger partial charge in [0.2, 0.25) is 0 Å². The summed E-state index contributed by atoms with van der Waals surface area (Å²) in [6, 6.07) is 7.06. The Morgan fingerprint density at radius 1 is 1.40 bits per heavy atom. The van der Waals surface area contributed by atoms with Crippen LogP contribution in [0.4, 0.5) is 5.69 Å². The molecule has 0 fully saturated rings. The third kappa shape index (κ3) is 3.55. The maximum Gasteiger partial charge on any atom is 0.255 e. The van der Waals surface area contributed by atoms with E-state index >= 15 is 0 Å². The molecule has 0 unspecified atom stereocenters. The van der Waals surface area contributed by atoms with Crippen molar-refractivity contribution in [3.05, 3.63) is 48.0 Å². The van der Waals surface area contributed by atoms with Gasteiger partial charge in [0.25, 0.3) is 5.91 Å². The molecular formula is C13H11Br2ClN2OS.